The standard InChI is InChI=1S/C71H126N28O13/c1-34(2)49(98-64(109)52(37(7)8)95-59(104)47(26-19-31-87-71(81)82)92-62(107)50(35(3)4)97-63(108)51(36(5)6)94-55(100)42(72)21-15-27-83-67(73)74)61(106)91-45(24-17-29-85-69(77)78)56(101)89-44(23-16-28-84-68(75)76)57(102)93-48(32-40-33-88-43-22-14-13-20-41(40)43)60(105)90-46(25-18-30-86-70(79)80)58(103)96-53(38(9)10)65(110)99-54(39(11)12)66(111)112/h13-14,20,22,33-39,42,44-54,88H,15-19,21,23-32,72H2,1-12H3,(H,89,101)(H,90,105)(H,91,106)(H,92,107)(H,93,102)(H,94,100)(H,95,104)(H,96,103)(H,97,108)(H,98,109)(H,99,110)(H,111,112)(H4,73,74,83)(H4,75,76,84)(H4,77,78,85)(H4,79,80,86)(H4,81,82,87)/t42-,44-,45-,46-,47-,48-,49-,50-,51-,52-,53-,54-/m0/s1. The number of rotatable bonds is 51. The van der Waals surface area contributed by atoms with Crippen molar-refractivity contribution < 1.29 is 62.6 Å². The van der Waals surface area contributed by atoms with Crippen LogP contribution in [0.2, 0.25) is 0 Å². The number of aromatic amines is 1. The highest BCUT2D eigenvalue weighted by molar-refractivity contribution is 6.00. The maximum Gasteiger partial charge on any atom is 0.326 e. The average Bonchev–Trinajstić information content (AvgIpc) is 1.58. The van der Waals surface area contributed by atoms with Crippen molar-refractivity contribution in [2.75, 3.05) is 32.7 Å². The van der Waals surface area contributed by atoms with Gasteiger partial charge in [0.1, 0.15) is 66.5 Å². The normalized spacial score (nSPS) is 14.5. The quantitative estimate of drug-likeness (QED) is 0.0167. The summed E-state index contributed by atoms with van der Waals surface area (Å²) in [5.41, 5.74) is 63.2. The van der Waals surface area contributed by atoms with Crippen molar-refractivity contribution in [3.8, 4) is 0 Å². The van der Waals surface area contributed by atoms with Gasteiger partial charge >= 0.3 is 5.97 Å². The van der Waals surface area contributed by atoms with Crippen molar-refractivity contribution in [1.82, 2.24) is 63.5 Å². The van der Waals surface area contributed by atoms with Gasteiger partial charge < -0.3 is 132 Å². The Labute approximate surface area is 653 Å². The van der Waals surface area contributed by atoms with Gasteiger partial charge in [-0.3, -0.25) is 77.7 Å². The molecule has 0 aliphatic rings. The molecular formula is C71H126N28O13. The summed E-state index contributed by atoms with van der Waals surface area (Å²) < 4.78 is 0. The van der Waals surface area contributed by atoms with E-state index in [-0.39, 0.29) is 127 Å². The molecule has 0 saturated heterocycles. The molecule has 0 bridgehead atoms. The third kappa shape index (κ3) is 35.2. The summed E-state index contributed by atoms with van der Waals surface area (Å²) in [4.78, 5) is 194. The molecule has 112 heavy (non-hydrogen) atoms. The van der Waals surface area contributed by atoms with Crippen molar-refractivity contribution in [1.29, 1.82) is 0 Å². The topological polar surface area (TPSA) is 721 Å². The number of carboxylic acids is 1. The molecule has 11 amide bonds. The molecule has 35 N–H and O–H groups in total. The summed E-state index contributed by atoms with van der Waals surface area (Å²) in [5, 5.41) is 40.2. The summed E-state index contributed by atoms with van der Waals surface area (Å²) in [5.74, 6) is -15.3. The Balaban J connectivity index is 2.69. The maximum absolute atomic E-state index is 15.1. The second-order valence-corrected chi connectivity index (χ2v) is 29.4. The fourth-order valence-corrected chi connectivity index (χ4v) is 11.5. The monoisotopic (exact) mass is 1580 g/mol. The lowest BCUT2D eigenvalue weighted by molar-refractivity contribution is -0.144. The second kappa shape index (κ2) is 49.1. The van der Waals surface area contributed by atoms with Crippen LogP contribution in [0.15, 0.2) is 55.4 Å². The SMILES string of the molecule is CC(C)[C@H](NC(=O)[C@@H](NC(=O)[C@H](CCCN=C(N)N)NC(=O)[C@H](Cc1c[nH]c2ccccc12)NC(=O)[C@H](CCCN=C(N)N)NC(=O)[C@H](CCCN=C(N)N)NC(=O)[C@@H](NC(=O)[C@@H](NC(=O)[C@H](CCCN=C(N)N)NC(=O)[C@@H](NC(=O)[C@@H](NC(=O)[C@@H](N)CCCN=C(N)N)C(C)C)C(C)C)C(C)C)C(C)C)C(C)C)C(=O)O. The van der Waals surface area contributed by atoms with Crippen LogP contribution in [0.25, 0.3) is 10.9 Å². The van der Waals surface area contributed by atoms with Gasteiger partial charge in [0, 0.05) is 56.2 Å². The molecule has 41 nitrogen and oxygen atoms in total. The van der Waals surface area contributed by atoms with Crippen molar-refractivity contribution in [3.05, 3.63) is 36.0 Å². The van der Waals surface area contributed by atoms with Crippen molar-refractivity contribution in [2.45, 2.75) is 226 Å². The van der Waals surface area contributed by atoms with Crippen LogP contribution in [0.3, 0.4) is 0 Å². The van der Waals surface area contributed by atoms with E-state index in [4.69, 9.17) is 63.1 Å². The van der Waals surface area contributed by atoms with E-state index in [0.29, 0.717) is 22.9 Å². The van der Waals surface area contributed by atoms with Crippen LogP contribution in [0.1, 0.15) is 153 Å². The van der Waals surface area contributed by atoms with Gasteiger partial charge in [-0.1, -0.05) is 101 Å². The van der Waals surface area contributed by atoms with Gasteiger partial charge in [-0.25, -0.2) is 4.79 Å². The highest BCUT2D eigenvalue weighted by atomic mass is 16.4. The van der Waals surface area contributed by atoms with Gasteiger partial charge in [0.05, 0.1) is 6.04 Å². The molecule has 41 heteroatoms. The molecule has 0 aliphatic heterocycles. The predicted octanol–water partition coefficient (Wildman–Crippen LogP) is -5.34. The number of nitrogens with one attached hydrogen (secondary N) is 12. The van der Waals surface area contributed by atoms with Gasteiger partial charge in [-0.15, -0.1) is 0 Å². The molecule has 1 aromatic heterocycles. The highest BCUT2D eigenvalue weighted by Gasteiger charge is 2.39. The lowest BCUT2D eigenvalue weighted by atomic mass is 9.97. The van der Waals surface area contributed by atoms with Crippen molar-refractivity contribution >= 4 is 112 Å². The van der Waals surface area contributed by atoms with E-state index in [1.54, 1.807) is 114 Å². The molecule has 0 fully saturated rings. The number of nitrogens with two attached hydrogens (primary N) is 11. The number of aromatic nitrogens is 1. The molecule has 1 heterocycles. The van der Waals surface area contributed by atoms with E-state index in [2.05, 4.69) is 88.4 Å². The fourth-order valence-electron chi connectivity index (χ4n) is 11.5. The number of carbonyl (C=O) groups excluding carboxylic acids is 11. The molecule has 0 aliphatic carbocycles. The van der Waals surface area contributed by atoms with Gasteiger partial charge in [0.25, 0.3) is 0 Å². The minimum absolute atomic E-state index is 0.000228. The Bertz CT molecular complexity index is 3590. The number of hydrogen-bond acceptors (Lipinski definition) is 18. The maximum atomic E-state index is 15.1. The number of guanidine groups is 5. The smallest absolute Gasteiger partial charge is 0.326 e. The first-order chi connectivity index (χ1) is 52.5. The zero-order chi connectivity index (χ0) is 84.8. The summed E-state index contributed by atoms with van der Waals surface area (Å²) in [6.07, 6.45) is 1.70. The summed E-state index contributed by atoms with van der Waals surface area (Å²) in [7, 11) is 0. The number of aliphatic imine (C=N–C) groups is 5. The Morgan fingerprint density at radius 1 is 0.330 bits per heavy atom. The molecular weight excluding hydrogens is 1450 g/mol. The number of amides is 11. The van der Waals surface area contributed by atoms with Crippen LogP contribution in [0.5, 0.6) is 0 Å². The Morgan fingerprint density at radius 3 is 0.875 bits per heavy atom. The van der Waals surface area contributed by atoms with Crippen molar-refractivity contribution in [3.63, 3.8) is 0 Å². The van der Waals surface area contributed by atoms with E-state index >= 15 is 9.59 Å². The molecule has 0 radical (unpaired) electrons. The van der Waals surface area contributed by atoms with Crippen LogP contribution in [-0.2, 0) is 64.0 Å². The summed E-state index contributed by atoms with van der Waals surface area (Å²) >= 11 is 0. The van der Waals surface area contributed by atoms with E-state index < -0.39 is 179 Å². The van der Waals surface area contributed by atoms with E-state index in [9.17, 15) is 53.1 Å². The number of benzene rings is 1. The van der Waals surface area contributed by atoms with Crippen LogP contribution < -0.4 is 122 Å². The lowest BCUT2D eigenvalue weighted by Crippen LogP contribution is -2.62. The number of carboxylic acid groups (broad SMARTS) is 1. The van der Waals surface area contributed by atoms with Gasteiger partial charge in [-0.2, -0.15) is 0 Å². The number of H-pyrrole nitrogens is 1. The molecule has 0 unspecified atom stereocenters. The van der Waals surface area contributed by atoms with E-state index in [0.717, 1.165) is 0 Å². The van der Waals surface area contributed by atoms with Gasteiger partial charge in [0.15, 0.2) is 29.8 Å². The molecule has 1 aromatic carbocycles. The van der Waals surface area contributed by atoms with Crippen LogP contribution in [0, 0.1) is 35.5 Å². The Hall–Kier alpha value is -11.3. The number of hydrogen-bond donors (Lipinski definition) is 24. The number of nitrogens with zero attached hydrogens (tertiary/aromatic N) is 5. The lowest BCUT2D eigenvalue weighted by Gasteiger charge is -2.31. The Kier molecular flexibility index (Phi) is 42.4. The highest BCUT2D eigenvalue weighted by Crippen LogP contribution is 2.21. The minimum Gasteiger partial charge on any atom is -0.480 e. The summed E-state index contributed by atoms with van der Waals surface area (Å²) in [6, 6.07) is -9.22. The molecule has 12 atom stereocenters. The van der Waals surface area contributed by atoms with Crippen molar-refractivity contribution in [2.24, 2.45) is 124 Å². The van der Waals surface area contributed by atoms with Crippen LogP contribution >= 0.6 is 0 Å². The first-order valence-corrected chi connectivity index (χ1v) is 37.6. The third-order valence-corrected chi connectivity index (χ3v) is 17.8. The number of fused-ring (bicyclic) bond motifs is 1. The van der Waals surface area contributed by atoms with Crippen LogP contribution in [-0.4, -0.2) is 216 Å². The van der Waals surface area contributed by atoms with Gasteiger partial charge in [0.2, 0.25) is 65.0 Å². The zero-order valence-electron chi connectivity index (χ0n) is 66.5. The number of para-hydroxylation sites is 1. The average molecular weight is 1580 g/mol. The fraction of sp³-hybridized carbons (Fsp3) is 0.648. The summed E-state index contributed by atoms with van der Waals surface area (Å²) in [6.45, 7) is 19.7. The first-order valence-electron chi connectivity index (χ1n) is 37.6. The number of carbonyl (C=O) groups is 12. The molecule has 2 rings (SSSR count). The predicted molar refractivity (Wildman–Crippen MR) is 427 cm³/mol. The molecule has 0 saturated carbocycles. The minimum atomic E-state index is -1.54. The molecule has 628 valence electrons. The first kappa shape index (κ1) is 96.8. The molecule has 0 spiro atoms. The molecule has 2 aromatic rings. The van der Waals surface area contributed by atoms with E-state index in [1.807, 2.05) is 0 Å². The zero-order valence-corrected chi connectivity index (χ0v) is 66.5. The Morgan fingerprint density at radius 2 is 0.571 bits per heavy atom. The van der Waals surface area contributed by atoms with E-state index in [1.165, 1.54) is 0 Å². The third-order valence-electron chi connectivity index (χ3n) is 17.8. The number of aliphatic carboxylic acids is 1. The van der Waals surface area contributed by atoms with Gasteiger partial charge in [-0.05, 0) is 111 Å². The second-order valence-electron chi connectivity index (χ2n) is 29.4. The largest absolute Gasteiger partial charge is 0.480 e. The van der Waals surface area contributed by atoms with Crippen LogP contribution in [0.4, 0.5) is 0 Å².